The molecule has 1 saturated heterocycles. The molecule has 0 saturated carbocycles. The number of hydrogen-bond donors (Lipinski definition) is 1. The lowest BCUT2D eigenvalue weighted by atomic mass is 10.1. The van der Waals surface area contributed by atoms with E-state index in [2.05, 4.69) is 0 Å². The number of amides is 2. The summed E-state index contributed by atoms with van der Waals surface area (Å²) in [6, 6.07) is 1.49. The predicted molar refractivity (Wildman–Crippen MR) is 79.2 cm³/mol. The van der Waals surface area contributed by atoms with Crippen molar-refractivity contribution in [3.05, 3.63) is 23.2 Å². The minimum atomic E-state index is -0.995. The van der Waals surface area contributed by atoms with Crippen molar-refractivity contribution in [1.82, 2.24) is 9.80 Å². The average molecular weight is 311 g/mol. The van der Waals surface area contributed by atoms with Gasteiger partial charge in [0.25, 0.3) is 5.91 Å². The smallest absolute Gasteiger partial charge is 0.257 e. The summed E-state index contributed by atoms with van der Waals surface area (Å²) in [4.78, 5) is 26.7. The molecule has 1 aliphatic rings. The van der Waals surface area contributed by atoms with E-state index in [0.29, 0.717) is 30.0 Å². The fourth-order valence-corrected chi connectivity index (χ4v) is 2.95. The standard InChI is InChI=1S/C15H22FN3O3/c1-9-4-13(10(2)22-9)15(21)18(3)7-12-5-11(16)6-19(12)8-14(17)20/h4,11-12H,5-8H2,1-3H3,(H2,17,20)/t11-,12-/m0/s1. The van der Waals surface area contributed by atoms with Crippen molar-refractivity contribution in [3.8, 4) is 0 Å². The lowest BCUT2D eigenvalue weighted by Gasteiger charge is -2.27. The third kappa shape index (κ3) is 3.65. The average Bonchev–Trinajstić information content (AvgIpc) is 2.90. The topological polar surface area (TPSA) is 79.8 Å². The molecule has 0 radical (unpaired) electrons. The lowest BCUT2D eigenvalue weighted by Crippen LogP contribution is -2.44. The highest BCUT2D eigenvalue weighted by atomic mass is 19.1. The monoisotopic (exact) mass is 311 g/mol. The molecule has 0 bridgehead atoms. The van der Waals surface area contributed by atoms with Crippen LogP contribution in [0.5, 0.6) is 0 Å². The van der Waals surface area contributed by atoms with Crippen molar-refractivity contribution >= 4 is 11.8 Å². The number of primary amides is 1. The number of nitrogens with two attached hydrogens (primary N) is 1. The zero-order valence-electron chi connectivity index (χ0n) is 13.1. The first-order chi connectivity index (χ1) is 10.3. The molecule has 2 amide bonds. The Bertz CT molecular complexity index is 572. The van der Waals surface area contributed by atoms with Gasteiger partial charge in [-0.2, -0.15) is 0 Å². The molecule has 1 aromatic heterocycles. The molecule has 0 spiro atoms. The van der Waals surface area contributed by atoms with E-state index in [1.165, 1.54) is 4.90 Å². The molecule has 22 heavy (non-hydrogen) atoms. The summed E-state index contributed by atoms with van der Waals surface area (Å²) in [5.41, 5.74) is 5.70. The van der Waals surface area contributed by atoms with E-state index in [9.17, 15) is 14.0 Å². The van der Waals surface area contributed by atoms with Gasteiger partial charge in [-0.05, 0) is 26.3 Å². The third-order valence-corrected chi connectivity index (χ3v) is 3.94. The van der Waals surface area contributed by atoms with Crippen molar-refractivity contribution in [2.75, 3.05) is 26.7 Å². The zero-order valence-corrected chi connectivity index (χ0v) is 13.1. The zero-order chi connectivity index (χ0) is 16.4. The fraction of sp³-hybridized carbons (Fsp3) is 0.600. The Labute approximate surface area is 129 Å². The highest BCUT2D eigenvalue weighted by Crippen LogP contribution is 2.22. The largest absolute Gasteiger partial charge is 0.466 e. The highest BCUT2D eigenvalue weighted by molar-refractivity contribution is 5.95. The van der Waals surface area contributed by atoms with Crippen LogP contribution in [0.15, 0.2) is 10.5 Å². The number of carbonyl (C=O) groups is 2. The number of carbonyl (C=O) groups excluding carboxylic acids is 2. The van der Waals surface area contributed by atoms with Crippen LogP contribution in [0.25, 0.3) is 0 Å². The van der Waals surface area contributed by atoms with Gasteiger partial charge in [0.05, 0.1) is 12.1 Å². The first-order valence-corrected chi connectivity index (χ1v) is 7.26. The fourth-order valence-electron chi connectivity index (χ4n) is 2.95. The second-order valence-corrected chi connectivity index (χ2v) is 5.90. The van der Waals surface area contributed by atoms with E-state index in [0.717, 1.165) is 0 Å². The number of alkyl halides is 1. The van der Waals surface area contributed by atoms with Crippen LogP contribution in [-0.2, 0) is 4.79 Å². The molecule has 0 aromatic carbocycles. The van der Waals surface area contributed by atoms with Gasteiger partial charge in [0.15, 0.2) is 0 Å². The molecule has 1 aromatic rings. The van der Waals surface area contributed by atoms with Crippen LogP contribution >= 0.6 is 0 Å². The molecule has 0 unspecified atom stereocenters. The first kappa shape index (κ1) is 16.5. The Kier molecular flexibility index (Phi) is 4.85. The van der Waals surface area contributed by atoms with Crippen LogP contribution in [0.4, 0.5) is 4.39 Å². The summed E-state index contributed by atoms with van der Waals surface area (Å²) in [7, 11) is 1.66. The van der Waals surface area contributed by atoms with Gasteiger partial charge in [-0.25, -0.2) is 4.39 Å². The number of aryl methyl sites for hydroxylation is 2. The molecule has 2 heterocycles. The van der Waals surface area contributed by atoms with Crippen LogP contribution in [0.3, 0.4) is 0 Å². The van der Waals surface area contributed by atoms with Crippen molar-refractivity contribution in [2.45, 2.75) is 32.5 Å². The molecule has 0 aliphatic carbocycles. The quantitative estimate of drug-likeness (QED) is 0.875. The third-order valence-electron chi connectivity index (χ3n) is 3.94. The lowest BCUT2D eigenvalue weighted by molar-refractivity contribution is -0.119. The van der Waals surface area contributed by atoms with E-state index in [4.69, 9.17) is 10.2 Å². The predicted octanol–water partition coefficient (Wildman–Crippen LogP) is 0.866. The molecular formula is C15H22FN3O3. The van der Waals surface area contributed by atoms with Gasteiger partial charge < -0.3 is 15.1 Å². The van der Waals surface area contributed by atoms with Crippen molar-refractivity contribution in [2.24, 2.45) is 5.73 Å². The number of rotatable bonds is 5. The normalized spacial score (nSPS) is 22.0. The number of likely N-dealkylation sites (tertiary alicyclic amines) is 1. The molecule has 1 fully saturated rings. The molecule has 122 valence electrons. The Morgan fingerprint density at radius 1 is 1.50 bits per heavy atom. The van der Waals surface area contributed by atoms with Gasteiger partial charge in [-0.3, -0.25) is 14.5 Å². The van der Waals surface area contributed by atoms with Gasteiger partial charge in [-0.1, -0.05) is 0 Å². The van der Waals surface area contributed by atoms with Gasteiger partial charge in [0.2, 0.25) is 5.91 Å². The Morgan fingerprint density at radius 2 is 2.18 bits per heavy atom. The Balaban J connectivity index is 2.03. The maximum atomic E-state index is 13.6. The van der Waals surface area contributed by atoms with E-state index in [1.54, 1.807) is 31.9 Å². The Hall–Kier alpha value is -1.89. The van der Waals surface area contributed by atoms with Crippen molar-refractivity contribution in [3.63, 3.8) is 0 Å². The summed E-state index contributed by atoms with van der Waals surface area (Å²) < 4.78 is 19.0. The van der Waals surface area contributed by atoms with Crippen molar-refractivity contribution in [1.29, 1.82) is 0 Å². The summed E-state index contributed by atoms with van der Waals surface area (Å²) in [6.45, 7) is 4.05. The SMILES string of the molecule is Cc1cc(C(=O)N(C)C[C@@H]2C[C@H](F)CN2CC(N)=O)c(C)o1. The highest BCUT2D eigenvalue weighted by Gasteiger charge is 2.34. The molecular weight excluding hydrogens is 289 g/mol. The number of hydrogen-bond acceptors (Lipinski definition) is 4. The van der Waals surface area contributed by atoms with Crippen LogP contribution in [0.1, 0.15) is 28.3 Å². The summed E-state index contributed by atoms with van der Waals surface area (Å²) >= 11 is 0. The number of nitrogens with zero attached hydrogens (tertiary/aromatic N) is 2. The number of halogens is 1. The van der Waals surface area contributed by atoms with Gasteiger partial charge in [-0.15, -0.1) is 0 Å². The summed E-state index contributed by atoms with van der Waals surface area (Å²) in [6.07, 6.45) is -0.695. The number of furan rings is 1. The minimum Gasteiger partial charge on any atom is -0.466 e. The van der Waals surface area contributed by atoms with E-state index >= 15 is 0 Å². The van der Waals surface area contributed by atoms with E-state index in [-0.39, 0.29) is 25.0 Å². The first-order valence-electron chi connectivity index (χ1n) is 7.26. The second-order valence-electron chi connectivity index (χ2n) is 5.90. The van der Waals surface area contributed by atoms with Crippen LogP contribution in [-0.4, -0.2) is 60.5 Å². The Morgan fingerprint density at radius 3 is 2.73 bits per heavy atom. The summed E-state index contributed by atoms with van der Waals surface area (Å²) in [5.74, 6) is 0.581. The van der Waals surface area contributed by atoms with E-state index < -0.39 is 12.1 Å². The second kappa shape index (κ2) is 6.48. The molecule has 6 nitrogen and oxygen atoms in total. The maximum Gasteiger partial charge on any atom is 0.257 e. The molecule has 1 aliphatic heterocycles. The van der Waals surface area contributed by atoms with Crippen LogP contribution < -0.4 is 5.73 Å². The molecule has 2 N–H and O–H groups in total. The molecule has 2 rings (SSSR count). The van der Waals surface area contributed by atoms with E-state index in [1.807, 2.05) is 0 Å². The van der Waals surface area contributed by atoms with Crippen LogP contribution in [0.2, 0.25) is 0 Å². The minimum absolute atomic E-state index is 0.0109. The van der Waals surface area contributed by atoms with Crippen LogP contribution in [0, 0.1) is 13.8 Å². The van der Waals surface area contributed by atoms with Gasteiger partial charge in [0, 0.05) is 26.2 Å². The van der Waals surface area contributed by atoms with Gasteiger partial charge >= 0.3 is 0 Å². The molecule has 2 atom stereocenters. The maximum absolute atomic E-state index is 13.6. The number of likely N-dealkylation sites (N-methyl/N-ethyl adjacent to an activating group) is 1. The van der Waals surface area contributed by atoms with Gasteiger partial charge in [0.1, 0.15) is 17.7 Å². The van der Waals surface area contributed by atoms with Crippen molar-refractivity contribution < 1.29 is 18.4 Å². The molecule has 7 heteroatoms. The summed E-state index contributed by atoms with van der Waals surface area (Å²) in [5, 5.41) is 0.